The second-order valence-corrected chi connectivity index (χ2v) is 4.35. The molecule has 2 heterocycles. The number of nitrogens with one attached hydrogen (secondary N) is 2. The number of carbonyl (C=O) groups excluding carboxylic acids is 1. The Hall–Kier alpha value is -2.44. The molecule has 1 amide bonds. The second kappa shape index (κ2) is 6.65. The topological polar surface area (TPSA) is 92.9 Å². The zero-order valence-corrected chi connectivity index (χ0v) is 11.5. The Morgan fingerprint density at radius 3 is 2.85 bits per heavy atom. The minimum atomic E-state index is -0.348. The third-order valence-corrected chi connectivity index (χ3v) is 2.61. The number of aryl methyl sites for hydroxylation is 1. The predicted octanol–water partition coefficient (Wildman–Crippen LogP) is 2.24. The van der Waals surface area contributed by atoms with Crippen LogP contribution in [0.25, 0.3) is 0 Å². The van der Waals surface area contributed by atoms with E-state index in [4.69, 9.17) is 4.52 Å². The highest BCUT2D eigenvalue weighted by Gasteiger charge is 2.11. The molecule has 0 bridgehead atoms. The lowest BCUT2D eigenvalue weighted by Crippen LogP contribution is -2.15. The molecule has 0 radical (unpaired) electrons. The number of carbonyl (C=O) groups is 1. The molecule has 0 saturated heterocycles. The number of anilines is 2. The van der Waals surface area contributed by atoms with Gasteiger partial charge >= 0.3 is 0 Å². The van der Waals surface area contributed by atoms with Crippen LogP contribution in [-0.2, 0) is 0 Å². The van der Waals surface area contributed by atoms with Gasteiger partial charge in [0.05, 0.1) is 0 Å². The van der Waals surface area contributed by atoms with Crippen LogP contribution in [0.5, 0.6) is 0 Å². The molecule has 7 nitrogen and oxygen atoms in total. The molecule has 2 aromatic heterocycles. The molecule has 7 heteroatoms. The summed E-state index contributed by atoms with van der Waals surface area (Å²) in [6.45, 7) is 4.68. The van der Waals surface area contributed by atoms with Crippen molar-refractivity contribution in [2.24, 2.45) is 0 Å². The zero-order chi connectivity index (χ0) is 14.4. The van der Waals surface area contributed by atoms with E-state index in [2.05, 4.69) is 32.7 Å². The van der Waals surface area contributed by atoms with E-state index in [1.165, 1.54) is 6.33 Å². The van der Waals surface area contributed by atoms with Crippen LogP contribution in [0.4, 0.5) is 11.6 Å². The standard InChI is InChI=1S/C13H17N5O2/c1-3-4-5-14-11-7-10(15-8-16-11)13(19)17-12-6-9(2)20-18-12/h6-8H,3-5H2,1-2H3,(H,14,15,16)(H,17,18,19). The first-order valence-electron chi connectivity index (χ1n) is 6.49. The summed E-state index contributed by atoms with van der Waals surface area (Å²) in [5.41, 5.74) is 0.277. The number of amides is 1. The Bertz CT molecular complexity index is 582. The molecular weight excluding hydrogens is 258 g/mol. The predicted molar refractivity (Wildman–Crippen MR) is 74.6 cm³/mol. The highest BCUT2D eigenvalue weighted by atomic mass is 16.5. The molecule has 0 aliphatic rings. The third kappa shape index (κ3) is 3.78. The number of unbranched alkanes of at least 4 members (excludes halogenated alkanes) is 1. The van der Waals surface area contributed by atoms with Gasteiger partial charge in [-0.2, -0.15) is 0 Å². The van der Waals surface area contributed by atoms with E-state index in [0.29, 0.717) is 17.4 Å². The van der Waals surface area contributed by atoms with Crippen LogP contribution < -0.4 is 10.6 Å². The maximum absolute atomic E-state index is 12.0. The van der Waals surface area contributed by atoms with Gasteiger partial charge in [-0.25, -0.2) is 9.97 Å². The maximum Gasteiger partial charge on any atom is 0.275 e. The van der Waals surface area contributed by atoms with Gasteiger partial charge in [-0.3, -0.25) is 4.79 Å². The lowest BCUT2D eigenvalue weighted by Gasteiger charge is -2.05. The van der Waals surface area contributed by atoms with Crippen molar-refractivity contribution in [2.75, 3.05) is 17.2 Å². The number of rotatable bonds is 6. The molecule has 106 valence electrons. The van der Waals surface area contributed by atoms with Crippen molar-refractivity contribution in [3.05, 3.63) is 29.9 Å². The van der Waals surface area contributed by atoms with E-state index >= 15 is 0 Å². The summed E-state index contributed by atoms with van der Waals surface area (Å²) < 4.78 is 4.88. The van der Waals surface area contributed by atoms with Crippen molar-refractivity contribution >= 4 is 17.5 Å². The van der Waals surface area contributed by atoms with Crippen LogP contribution in [0.2, 0.25) is 0 Å². The third-order valence-electron chi connectivity index (χ3n) is 2.61. The normalized spacial score (nSPS) is 10.3. The van der Waals surface area contributed by atoms with Gasteiger partial charge in [-0.05, 0) is 13.3 Å². The fourth-order valence-corrected chi connectivity index (χ4v) is 1.58. The minimum Gasteiger partial charge on any atom is -0.370 e. The average molecular weight is 275 g/mol. The van der Waals surface area contributed by atoms with Crippen LogP contribution >= 0.6 is 0 Å². The quantitative estimate of drug-likeness (QED) is 0.785. The summed E-state index contributed by atoms with van der Waals surface area (Å²) >= 11 is 0. The van der Waals surface area contributed by atoms with Crippen molar-refractivity contribution < 1.29 is 9.32 Å². The van der Waals surface area contributed by atoms with Gasteiger partial charge in [-0.1, -0.05) is 18.5 Å². The zero-order valence-electron chi connectivity index (χ0n) is 11.5. The van der Waals surface area contributed by atoms with Crippen molar-refractivity contribution in [3.8, 4) is 0 Å². The highest BCUT2D eigenvalue weighted by molar-refractivity contribution is 6.02. The Kier molecular flexibility index (Phi) is 4.65. The smallest absolute Gasteiger partial charge is 0.275 e. The molecular formula is C13H17N5O2. The fourth-order valence-electron chi connectivity index (χ4n) is 1.58. The molecule has 20 heavy (non-hydrogen) atoms. The molecule has 0 aliphatic heterocycles. The molecule has 0 saturated carbocycles. The highest BCUT2D eigenvalue weighted by Crippen LogP contribution is 2.10. The van der Waals surface area contributed by atoms with Gasteiger partial charge in [0.2, 0.25) is 0 Å². The summed E-state index contributed by atoms with van der Waals surface area (Å²) in [6, 6.07) is 3.25. The van der Waals surface area contributed by atoms with E-state index < -0.39 is 0 Å². The van der Waals surface area contributed by atoms with Crippen LogP contribution in [0.15, 0.2) is 23.0 Å². The van der Waals surface area contributed by atoms with E-state index in [0.717, 1.165) is 19.4 Å². The van der Waals surface area contributed by atoms with Crippen LogP contribution in [0.3, 0.4) is 0 Å². The number of hydrogen-bond acceptors (Lipinski definition) is 6. The lowest BCUT2D eigenvalue weighted by atomic mass is 10.3. The van der Waals surface area contributed by atoms with E-state index in [9.17, 15) is 4.79 Å². The van der Waals surface area contributed by atoms with Gasteiger partial charge in [0.1, 0.15) is 23.6 Å². The Morgan fingerprint density at radius 2 is 2.15 bits per heavy atom. The first-order valence-corrected chi connectivity index (χ1v) is 6.49. The first kappa shape index (κ1) is 14.0. The van der Waals surface area contributed by atoms with E-state index in [-0.39, 0.29) is 11.6 Å². The SMILES string of the molecule is CCCCNc1cc(C(=O)Nc2cc(C)on2)ncn1. The van der Waals surface area contributed by atoms with Crippen molar-refractivity contribution in [3.63, 3.8) is 0 Å². The van der Waals surface area contributed by atoms with Crippen LogP contribution in [0, 0.1) is 6.92 Å². The molecule has 2 aromatic rings. The second-order valence-electron chi connectivity index (χ2n) is 4.35. The van der Waals surface area contributed by atoms with Crippen molar-refractivity contribution in [1.82, 2.24) is 15.1 Å². The molecule has 2 rings (SSSR count). The van der Waals surface area contributed by atoms with Gasteiger partial charge in [-0.15, -0.1) is 0 Å². The van der Waals surface area contributed by atoms with Gasteiger partial charge in [0.15, 0.2) is 5.82 Å². The number of aromatic nitrogens is 3. The fraction of sp³-hybridized carbons (Fsp3) is 0.385. The van der Waals surface area contributed by atoms with Crippen LogP contribution in [-0.4, -0.2) is 27.6 Å². The summed E-state index contributed by atoms with van der Waals surface area (Å²) in [7, 11) is 0. The molecule has 0 atom stereocenters. The monoisotopic (exact) mass is 275 g/mol. The molecule has 2 N–H and O–H groups in total. The van der Waals surface area contributed by atoms with Gasteiger partial charge in [0, 0.05) is 18.7 Å². The van der Waals surface area contributed by atoms with Crippen LogP contribution in [0.1, 0.15) is 36.0 Å². The Labute approximate surface area is 116 Å². The van der Waals surface area contributed by atoms with E-state index in [1.54, 1.807) is 19.1 Å². The van der Waals surface area contributed by atoms with Crippen molar-refractivity contribution in [2.45, 2.75) is 26.7 Å². The van der Waals surface area contributed by atoms with Gasteiger partial charge < -0.3 is 15.2 Å². The molecule has 0 spiro atoms. The van der Waals surface area contributed by atoms with E-state index in [1.807, 2.05) is 0 Å². The average Bonchev–Trinajstić information content (AvgIpc) is 2.85. The van der Waals surface area contributed by atoms with Gasteiger partial charge in [0.25, 0.3) is 5.91 Å². The summed E-state index contributed by atoms with van der Waals surface area (Å²) in [6.07, 6.45) is 3.50. The summed E-state index contributed by atoms with van der Waals surface area (Å²) in [5, 5.41) is 9.45. The molecule has 0 aromatic carbocycles. The molecule has 0 unspecified atom stereocenters. The Morgan fingerprint density at radius 1 is 1.30 bits per heavy atom. The first-order chi connectivity index (χ1) is 9.69. The maximum atomic E-state index is 12.0. The van der Waals surface area contributed by atoms with Crippen molar-refractivity contribution in [1.29, 1.82) is 0 Å². The minimum absolute atomic E-state index is 0.277. The molecule has 0 aliphatic carbocycles. The lowest BCUT2D eigenvalue weighted by molar-refractivity contribution is 0.102. The largest absolute Gasteiger partial charge is 0.370 e. The molecule has 0 fully saturated rings. The summed E-state index contributed by atoms with van der Waals surface area (Å²) in [4.78, 5) is 20.0. The Balaban J connectivity index is 2.00. The number of hydrogen-bond donors (Lipinski definition) is 2. The number of nitrogens with zero attached hydrogens (tertiary/aromatic N) is 3. The summed E-state index contributed by atoms with van der Waals surface area (Å²) in [5.74, 6) is 1.28.